The van der Waals surface area contributed by atoms with Crippen LogP contribution in [-0.2, 0) is 5.41 Å². The van der Waals surface area contributed by atoms with Crippen LogP contribution in [0.15, 0.2) is 249 Å². The fraction of sp³-hybridized carbons (Fsp3) is 0.0159. The second-order valence-corrected chi connectivity index (χ2v) is 17.8. The molecule has 68 heavy (non-hydrogen) atoms. The molecule has 2 heterocycles. The van der Waals surface area contributed by atoms with Crippen LogP contribution < -0.4 is 4.90 Å². The highest BCUT2D eigenvalue weighted by Crippen LogP contribution is 2.63. The lowest BCUT2D eigenvalue weighted by Gasteiger charge is -2.30. The van der Waals surface area contributed by atoms with Crippen LogP contribution in [0.5, 0.6) is 0 Å². The maximum Gasteiger partial charge on any atom is 0.168 e. The number of nitrogens with zero attached hydrogens (tertiary/aromatic N) is 5. The van der Waals surface area contributed by atoms with Crippen molar-refractivity contribution in [1.29, 1.82) is 0 Å². The van der Waals surface area contributed by atoms with Crippen LogP contribution in [0, 0.1) is 0 Å². The average Bonchev–Trinajstić information content (AvgIpc) is 4.16. The summed E-state index contributed by atoms with van der Waals surface area (Å²) in [5.41, 5.74) is 19.5. The zero-order valence-electron chi connectivity index (χ0n) is 36.9. The Labute approximate surface area is 394 Å². The Balaban J connectivity index is 0.899. The molecule has 14 rings (SSSR count). The van der Waals surface area contributed by atoms with Gasteiger partial charge in [-0.2, -0.15) is 0 Å². The Bertz CT molecular complexity index is 3790. The molecule has 1 spiro atoms. The molecule has 0 unspecified atom stereocenters. The van der Waals surface area contributed by atoms with Gasteiger partial charge in [0.05, 0.1) is 16.4 Å². The normalized spacial score (nSPS) is 12.8. The Morgan fingerprint density at radius 3 is 1.28 bits per heavy atom. The van der Waals surface area contributed by atoms with E-state index in [0.717, 1.165) is 51.2 Å². The molecule has 0 amide bonds. The van der Waals surface area contributed by atoms with Crippen molar-refractivity contribution in [3.8, 4) is 56.4 Å². The molecule has 2 aliphatic carbocycles. The third-order valence-electron chi connectivity index (χ3n) is 14.3. The summed E-state index contributed by atoms with van der Waals surface area (Å²) in [6.45, 7) is 0. The van der Waals surface area contributed by atoms with Crippen LogP contribution in [0.25, 0.3) is 78.2 Å². The van der Waals surface area contributed by atoms with Gasteiger partial charge in [-0.3, -0.25) is 4.57 Å². The SMILES string of the molecule is c1ccc(-c2nnc(-c3ccc(N(c4ccccc4)c4ccc(-n5c6ccccc6c6ccccc65)cc4)cc3)n2-c2ccc3c(c2)C2(c4ccccc4-c4ccccc42)c2ccccc2-3)cc1. The first-order chi connectivity index (χ1) is 33.8. The standard InChI is InChI=1S/C63H41N5/c1-3-17-42(18-4-1)61-64-65-62(68(61)48-39-40-52-51-23-9-14-28-57(51)63(58(52)41-48)55-26-12-7-21-49(55)50-22-8-13-27-56(50)63)43-31-33-45(34-32-43)66(44-19-5-2-6-20-44)46-35-37-47(38-36-46)67-59-29-15-10-24-53(59)54-25-11-16-30-60(54)67/h1-41H. The highest BCUT2D eigenvalue weighted by atomic mass is 15.3. The van der Waals surface area contributed by atoms with Gasteiger partial charge in [0, 0.05) is 50.3 Å². The predicted molar refractivity (Wildman–Crippen MR) is 278 cm³/mol. The Morgan fingerprint density at radius 2 is 0.721 bits per heavy atom. The minimum atomic E-state index is -0.472. The van der Waals surface area contributed by atoms with Crippen molar-refractivity contribution < 1.29 is 0 Å². The van der Waals surface area contributed by atoms with E-state index in [4.69, 9.17) is 10.2 Å². The van der Waals surface area contributed by atoms with Gasteiger partial charge in [0.25, 0.3) is 0 Å². The fourth-order valence-electron chi connectivity index (χ4n) is 11.4. The fourth-order valence-corrected chi connectivity index (χ4v) is 11.4. The highest BCUT2D eigenvalue weighted by Gasteiger charge is 2.51. The van der Waals surface area contributed by atoms with Crippen molar-refractivity contribution >= 4 is 38.9 Å². The third-order valence-corrected chi connectivity index (χ3v) is 14.3. The minimum absolute atomic E-state index is 0.472. The molecule has 0 aliphatic heterocycles. The molecular weight excluding hydrogens is 827 g/mol. The predicted octanol–water partition coefficient (Wildman–Crippen LogP) is 15.5. The van der Waals surface area contributed by atoms with Crippen LogP contribution in [0.3, 0.4) is 0 Å². The largest absolute Gasteiger partial charge is 0.311 e. The second kappa shape index (κ2) is 15.0. The molecule has 0 saturated carbocycles. The first kappa shape index (κ1) is 38.2. The lowest BCUT2D eigenvalue weighted by atomic mass is 9.70. The van der Waals surface area contributed by atoms with Gasteiger partial charge in [-0.25, -0.2) is 0 Å². The van der Waals surface area contributed by atoms with Crippen LogP contribution in [0.4, 0.5) is 17.1 Å². The van der Waals surface area contributed by atoms with Crippen molar-refractivity contribution in [2.24, 2.45) is 0 Å². The first-order valence-electron chi connectivity index (χ1n) is 23.2. The number of anilines is 3. The number of hydrogen-bond donors (Lipinski definition) is 0. The lowest BCUT2D eigenvalue weighted by Crippen LogP contribution is -2.26. The summed E-state index contributed by atoms with van der Waals surface area (Å²) in [4.78, 5) is 2.31. The van der Waals surface area contributed by atoms with E-state index in [2.05, 4.69) is 257 Å². The Morgan fingerprint density at radius 1 is 0.309 bits per heavy atom. The summed E-state index contributed by atoms with van der Waals surface area (Å²) in [6, 6.07) is 89.8. The quantitative estimate of drug-likeness (QED) is 0.160. The van der Waals surface area contributed by atoms with E-state index in [9.17, 15) is 0 Å². The van der Waals surface area contributed by atoms with Gasteiger partial charge in [-0.15, -0.1) is 10.2 Å². The van der Waals surface area contributed by atoms with Crippen molar-refractivity contribution in [1.82, 2.24) is 19.3 Å². The molecule has 5 heteroatoms. The Kier molecular flexibility index (Phi) is 8.43. The van der Waals surface area contributed by atoms with Crippen LogP contribution >= 0.6 is 0 Å². The van der Waals surface area contributed by atoms with Gasteiger partial charge in [-0.05, 0) is 129 Å². The molecule has 5 nitrogen and oxygen atoms in total. The topological polar surface area (TPSA) is 38.9 Å². The summed E-state index contributed by atoms with van der Waals surface area (Å²) in [5.74, 6) is 1.56. The molecule has 10 aromatic carbocycles. The summed E-state index contributed by atoms with van der Waals surface area (Å²) in [7, 11) is 0. The first-order valence-corrected chi connectivity index (χ1v) is 23.2. The van der Waals surface area contributed by atoms with E-state index >= 15 is 0 Å². The molecule has 318 valence electrons. The monoisotopic (exact) mass is 867 g/mol. The van der Waals surface area contributed by atoms with E-state index in [-0.39, 0.29) is 0 Å². The molecule has 0 saturated heterocycles. The maximum absolute atomic E-state index is 5.00. The highest BCUT2D eigenvalue weighted by molar-refractivity contribution is 6.09. The maximum atomic E-state index is 5.00. The molecule has 12 aromatic rings. The molecule has 2 aromatic heterocycles. The van der Waals surface area contributed by atoms with Gasteiger partial charge in [0.15, 0.2) is 11.6 Å². The molecule has 0 atom stereocenters. The van der Waals surface area contributed by atoms with E-state index in [1.54, 1.807) is 0 Å². The van der Waals surface area contributed by atoms with Crippen molar-refractivity contribution in [3.63, 3.8) is 0 Å². The average molecular weight is 868 g/mol. The number of para-hydroxylation sites is 3. The molecule has 0 N–H and O–H groups in total. The van der Waals surface area contributed by atoms with Crippen molar-refractivity contribution in [2.45, 2.75) is 5.41 Å². The van der Waals surface area contributed by atoms with Gasteiger partial charge in [0.1, 0.15) is 0 Å². The molecule has 0 bridgehead atoms. The van der Waals surface area contributed by atoms with Gasteiger partial charge in [0.2, 0.25) is 0 Å². The van der Waals surface area contributed by atoms with Crippen molar-refractivity contribution in [2.75, 3.05) is 4.90 Å². The molecular formula is C63H41N5. The van der Waals surface area contributed by atoms with E-state index in [1.165, 1.54) is 66.3 Å². The molecule has 2 aliphatic rings. The zero-order valence-corrected chi connectivity index (χ0v) is 36.9. The van der Waals surface area contributed by atoms with Crippen molar-refractivity contribution in [3.05, 3.63) is 271 Å². The van der Waals surface area contributed by atoms with Crippen LogP contribution in [0.2, 0.25) is 0 Å². The lowest BCUT2D eigenvalue weighted by molar-refractivity contribution is 0.792. The van der Waals surface area contributed by atoms with Gasteiger partial charge >= 0.3 is 0 Å². The number of hydrogen-bond acceptors (Lipinski definition) is 3. The number of benzene rings is 10. The molecule has 0 fully saturated rings. The molecule has 0 radical (unpaired) electrons. The summed E-state index contributed by atoms with van der Waals surface area (Å²) < 4.78 is 4.61. The number of aromatic nitrogens is 4. The van der Waals surface area contributed by atoms with E-state index in [0.29, 0.717) is 0 Å². The van der Waals surface area contributed by atoms with Crippen LogP contribution in [0.1, 0.15) is 22.3 Å². The second-order valence-electron chi connectivity index (χ2n) is 17.8. The van der Waals surface area contributed by atoms with E-state index < -0.39 is 5.41 Å². The number of fused-ring (bicyclic) bond motifs is 13. The minimum Gasteiger partial charge on any atom is -0.311 e. The van der Waals surface area contributed by atoms with Gasteiger partial charge < -0.3 is 9.47 Å². The zero-order chi connectivity index (χ0) is 44.8. The number of rotatable bonds is 7. The van der Waals surface area contributed by atoms with Gasteiger partial charge in [-0.1, -0.05) is 164 Å². The summed E-state index contributed by atoms with van der Waals surface area (Å²) >= 11 is 0. The summed E-state index contributed by atoms with van der Waals surface area (Å²) in [5, 5.41) is 12.5. The smallest absolute Gasteiger partial charge is 0.168 e. The van der Waals surface area contributed by atoms with E-state index in [1.807, 2.05) is 6.07 Å². The van der Waals surface area contributed by atoms with Crippen LogP contribution in [-0.4, -0.2) is 19.3 Å². The summed E-state index contributed by atoms with van der Waals surface area (Å²) in [6.07, 6.45) is 0. The third kappa shape index (κ3) is 5.50. The Hall–Kier alpha value is -9.06.